The highest BCUT2D eigenvalue weighted by Crippen LogP contribution is 2.12. The topological polar surface area (TPSA) is 111 Å². The smallest absolute Gasteiger partial charge is 0.281 e. The highest BCUT2D eigenvalue weighted by Gasteiger charge is 2.29. The van der Waals surface area contributed by atoms with E-state index in [0.717, 1.165) is 0 Å². The van der Waals surface area contributed by atoms with Crippen molar-refractivity contribution in [3.63, 3.8) is 0 Å². The van der Waals surface area contributed by atoms with Gasteiger partial charge in [-0.15, -0.1) is 0 Å². The zero-order valence-electron chi connectivity index (χ0n) is 9.69. The van der Waals surface area contributed by atoms with Crippen molar-refractivity contribution in [1.29, 1.82) is 0 Å². The SMILES string of the molecule is [B]c1cnc(N2CCO[C@@H](C(=O)N(N)N)C2)nc1. The molecule has 9 heteroatoms. The van der Waals surface area contributed by atoms with Gasteiger partial charge in [0.1, 0.15) is 7.85 Å². The second kappa shape index (κ2) is 5.30. The number of aromatic nitrogens is 2. The average Bonchev–Trinajstić information content (AvgIpc) is 2.38. The fraction of sp³-hybridized carbons (Fsp3) is 0.444. The van der Waals surface area contributed by atoms with Gasteiger partial charge in [-0.05, 0) is 0 Å². The summed E-state index contributed by atoms with van der Waals surface area (Å²) < 4.78 is 5.30. The normalized spacial score (nSPS) is 19.7. The van der Waals surface area contributed by atoms with Crippen LogP contribution in [0, 0.1) is 0 Å². The average molecular weight is 248 g/mol. The Labute approximate surface area is 105 Å². The lowest BCUT2D eigenvalue weighted by Gasteiger charge is -2.32. The van der Waals surface area contributed by atoms with E-state index in [1.165, 1.54) is 12.4 Å². The van der Waals surface area contributed by atoms with E-state index in [1.807, 2.05) is 4.90 Å². The summed E-state index contributed by atoms with van der Waals surface area (Å²) in [7, 11) is 5.51. The van der Waals surface area contributed by atoms with E-state index < -0.39 is 12.0 Å². The summed E-state index contributed by atoms with van der Waals surface area (Å²) >= 11 is 0. The van der Waals surface area contributed by atoms with Gasteiger partial charge >= 0.3 is 0 Å². The van der Waals surface area contributed by atoms with E-state index in [1.54, 1.807) is 0 Å². The molecular weight excluding hydrogens is 235 g/mol. The first-order valence-corrected chi connectivity index (χ1v) is 5.35. The molecule has 1 fully saturated rings. The molecule has 1 amide bonds. The van der Waals surface area contributed by atoms with Crippen LogP contribution in [-0.4, -0.2) is 54.6 Å². The van der Waals surface area contributed by atoms with Crippen LogP contribution < -0.4 is 22.0 Å². The Bertz CT molecular complexity index is 426. The lowest BCUT2D eigenvalue weighted by Crippen LogP contribution is -2.55. The first kappa shape index (κ1) is 12.7. The number of anilines is 1. The maximum atomic E-state index is 11.6. The molecule has 4 N–H and O–H groups in total. The van der Waals surface area contributed by atoms with Gasteiger partial charge in [-0.3, -0.25) is 4.79 Å². The van der Waals surface area contributed by atoms with E-state index in [2.05, 4.69) is 9.97 Å². The van der Waals surface area contributed by atoms with Crippen molar-refractivity contribution in [3.8, 4) is 0 Å². The van der Waals surface area contributed by atoms with Crippen molar-refractivity contribution in [3.05, 3.63) is 12.4 Å². The van der Waals surface area contributed by atoms with Crippen LogP contribution in [0.5, 0.6) is 0 Å². The fourth-order valence-corrected chi connectivity index (χ4v) is 1.64. The zero-order chi connectivity index (χ0) is 13.1. The second-order valence-corrected chi connectivity index (χ2v) is 3.87. The van der Waals surface area contributed by atoms with Crippen molar-refractivity contribution in [2.45, 2.75) is 6.10 Å². The molecular formula is C9H13BN6O2. The maximum Gasteiger partial charge on any atom is 0.281 e. The van der Waals surface area contributed by atoms with Crippen LogP contribution in [0.1, 0.15) is 0 Å². The van der Waals surface area contributed by atoms with Crippen molar-refractivity contribution in [1.82, 2.24) is 15.1 Å². The van der Waals surface area contributed by atoms with Crippen LogP contribution in [0.3, 0.4) is 0 Å². The summed E-state index contributed by atoms with van der Waals surface area (Å²) in [5.74, 6) is 10.4. The number of morpholine rings is 1. The van der Waals surface area contributed by atoms with Gasteiger partial charge in [0, 0.05) is 18.9 Å². The van der Waals surface area contributed by atoms with Gasteiger partial charge < -0.3 is 9.64 Å². The Morgan fingerprint density at radius 1 is 1.50 bits per heavy atom. The summed E-state index contributed by atoms with van der Waals surface area (Å²) in [6, 6.07) is 0. The van der Waals surface area contributed by atoms with E-state index in [-0.39, 0.29) is 0 Å². The molecule has 0 spiro atoms. The standard InChI is InChI=1S/C9H13BN6O2/c10-6-3-13-9(14-4-6)15-1-2-18-7(5-15)8(17)16(11)12/h3-4,7H,1-2,5,11-12H2/t7-/m1/s1. The molecule has 94 valence electrons. The van der Waals surface area contributed by atoms with Gasteiger partial charge in [-0.1, -0.05) is 5.46 Å². The first-order chi connectivity index (χ1) is 8.58. The molecule has 1 atom stereocenters. The molecule has 1 saturated heterocycles. The molecule has 1 aromatic rings. The molecule has 0 saturated carbocycles. The molecule has 0 bridgehead atoms. The lowest BCUT2D eigenvalue weighted by molar-refractivity contribution is -0.145. The van der Waals surface area contributed by atoms with Crippen molar-refractivity contribution < 1.29 is 9.53 Å². The third-order valence-electron chi connectivity index (χ3n) is 2.54. The highest BCUT2D eigenvalue weighted by atomic mass is 16.5. The zero-order valence-corrected chi connectivity index (χ0v) is 9.69. The maximum absolute atomic E-state index is 11.6. The minimum absolute atomic E-state index is 0.299. The molecule has 8 nitrogen and oxygen atoms in total. The monoisotopic (exact) mass is 248 g/mol. The van der Waals surface area contributed by atoms with Crippen LogP contribution in [0.2, 0.25) is 0 Å². The van der Waals surface area contributed by atoms with Crippen LogP contribution >= 0.6 is 0 Å². The Kier molecular flexibility index (Phi) is 3.75. The molecule has 18 heavy (non-hydrogen) atoms. The summed E-state index contributed by atoms with van der Waals surface area (Å²) in [5.41, 5.74) is 0.481. The van der Waals surface area contributed by atoms with Crippen LogP contribution in [0.25, 0.3) is 0 Å². The molecule has 2 radical (unpaired) electrons. The summed E-state index contributed by atoms with van der Waals surface area (Å²) in [5, 5.41) is 0.526. The molecule has 2 rings (SSSR count). The second-order valence-electron chi connectivity index (χ2n) is 3.87. The van der Waals surface area contributed by atoms with Crippen molar-refractivity contribution in [2.75, 3.05) is 24.6 Å². The van der Waals surface area contributed by atoms with E-state index >= 15 is 0 Å². The molecule has 0 aromatic carbocycles. The minimum atomic E-state index is -0.713. The van der Waals surface area contributed by atoms with Crippen molar-refractivity contribution >= 4 is 25.2 Å². The Balaban J connectivity index is 2.07. The van der Waals surface area contributed by atoms with Gasteiger partial charge in [-0.2, -0.15) is 0 Å². The number of amides is 1. The summed E-state index contributed by atoms with van der Waals surface area (Å²) in [6.45, 7) is 1.26. The minimum Gasteiger partial charge on any atom is -0.365 e. The number of hydrogen-bond donors (Lipinski definition) is 2. The molecule has 1 aliphatic rings. The van der Waals surface area contributed by atoms with Gasteiger partial charge in [-0.25, -0.2) is 26.8 Å². The van der Waals surface area contributed by atoms with Gasteiger partial charge in [0.15, 0.2) is 6.10 Å². The molecule has 0 unspecified atom stereocenters. The molecule has 2 heterocycles. The quantitative estimate of drug-likeness (QED) is 0.249. The van der Waals surface area contributed by atoms with Gasteiger partial charge in [0.05, 0.1) is 13.2 Å². The molecule has 1 aromatic heterocycles. The van der Waals surface area contributed by atoms with Gasteiger partial charge in [0.2, 0.25) is 5.95 Å². The number of rotatable bonds is 2. The number of carbonyl (C=O) groups is 1. The number of nitrogens with two attached hydrogens (primary N) is 2. The third kappa shape index (κ3) is 2.75. The Hall–Kier alpha value is -1.71. The van der Waals surface area contributed by atoms with E-state index in [9.17, 15) is 4.79 Å². The predicted molar refractivity (Wildman–Crippen MR) is 64.6 cm³/mol. The molecule has 1 aliphatic heterocycles. The predicted octanol–water partition coefficient (Wildman–Crippen LogP) is -2.95. The van der Waals surface area contributed by atoms with E-state index in [4.69, 9.17) is 24.3 Å². The molecule has 0 aliphatic carbocycles. The van der Waals surface area contributed by atoms with Crippen molar-refractivity contribution in [2.24, 2.45) is 11.7 Å². The summed E-state index contributed by atoms with van der Waals surface area (Å²) in [4.78, 5) is 21.6. The Morgan fingerprint density at radius 2 is 2.17 bits per heavy atom. The highest BCUT2D eigenvalue weighted by molar-refractivity contribution is 6.31. The number of hydrogen-bond acceptors (Lipinski definition) is 7. The van der Waals surface area contributed by atoms with Gasteiger partial charge in [0.25, 0.3) is 5.91 Å². The fourth-order valence-electron chi connectivity index (χ4n) is 1.64. The lowest BCUT2D eigenvalue weighted by atomic mass is 10.0. The van der Waals surface area contributed by atoms with Crippen LogP contribution in [0.15, 0.2) is 12.4 Å². The largest absolute Gasteiger partial charge is 0.365 e. The number of nitrogens with zero attached hydrogens (tertiary/aromatic N) is 4. The van der Waals surface area contributed by atoms with E-state index in [0.29, 0.717) is 36.2 Å². The third-order valence-corrected chi connectivity index (χ3v) is 2.54. The number of hydrazine groups is 2. The number of carbonyl (C=O) groups excluding carboxylic acids is 1. The van der Waals surface area contributed by atoms with Crippen LogP contribution in [-0.2, 0) is 9.53 Å². The van der Waals surface area contributed by atoms with Crippen LogP contribution in [0.4, 0.5) is 5.95 Å². The Morgan fingerprint density at radius 3 is 2.78 bits per heavy atom. The first-order valence-electron chi connectivity index (χ1n) is 5.35. The summed E-state index contributed by atoms with van der Waals surface area (Å²) in [6.07, 6.45) is 2.30. The number of ether oxygens (including phenoxy) is 1.